The van der Waals surface area contributed by atoms with E-state index >= 15 is 0 Å². The third-order valence-electron chi connectivity index (χ3n) is 4.29. The number of hydrogen-bond acceptors (Lipinski definition) is 2. The fourth-order valence-corrected chi connectivity index (χ4v) is 3.09. The minimum Gasteiger partial charge on any atom is -0.339 e. The fourth-order valence-electron chi connectivity index (χ4n) is 2.76. The van der Waals surface area contributed by atoms with Crippen molar-refractivity contribution >= 4 is 23.6 Å². The zero-order chi connectivity index (χ0) is 18.0. The number of carbonyl (C=O) groups excluding carboxylic acids is 1. The second-order valence-electron chi connectivity index (χ2n) is 6.09. The molecule has 2 heterocycles. The highest BCUT2D eigenvalue weighted by Gasteiger charge is 2.17. The van der Waals surface area contributed by atoms with Gasteiger partial charge in [-0.1, -0.05) is 23.8 Å². The first-order valence-electron chi connectivity index (χ1n) is 8.10. The molecule has 0 radical (unpaired) electrons. The van der Waals surface area contributed by atoms with Crippen LogP contribution in [0.2, 0.25) is 5.15 Å². The molecule has 1 amide bonds. The summed E-state index contributed by atoms with van der Waals surface area (Å²) < 4.78 is 14.6. The highest BCUT2D eigenvalue weighted by Crippen LogP contribution is 2.25. The second-order valence-corrected chi connectivity index (χ2v) is 6.44. The monoisotopic (exact) mass is 359 g/mol. The number of carbonyl (C=O) groups is 1. The summed E-state index contributed by atoms with van der Waals surface area (Å²) in [7, 11) is 0. The summed E-state index contributed by atoms with van der Waals surface area (Å²) in [5.41, 5.74) is 3.23. The maximum absolute atomic E-state index is 13.1. The molecule has 0 aliphatic carbocycles. The van der Waals surface area contributed by atoms with Crippen molar-refractivity contribution in [3.63, 3.8) is 0 Å². The summed E-state index contributed by atoms with van der Waals surface area (Å²) in [5.74, 6) is -0.365. The van der Waals surface area contributed by atoms with Crippen molar-refractivity contribution < 1.29 is 9.18 Å². The molecule has 0 unspecified atom stereocenters. The van der Waals surface area contributed by atoms with Crippen molar-refractivity contribution in [2.75, 3.05) is 13.1 Å². The summed E-state index contributed by atoms with van der Waals surface area (Å²) in [6, 6.07) is 5.91. The van der Waals surface area contributed by atoms with Crippen LogP contribution in [0.25, 0.3) is 11.8 Å². The molecule has 3 rings (SSSR count). The van der Waals surface area contributed by atoms with Gasteiger partial charge in [0.1, 0.15) is 11.0 Å². The second kappa shape index (κ2) is 7.23. The fraction of sp³-hybridized carbons (Fsp3) is 0.263. The topological polar surface area (TPSA) is 38.1 Å². The number of nitrogens with zero attached hydrogens (tertiary/aromatic N) is 3. The largest absolute Gasteiger partial charge is 0.339 e. The number of piperidine rings is 1. The van der Waals surface area contributed by atoms with E-state index in [0.717, 1.165) is 12.8 Å². The molecule has 1 saturated heterocycles. The lowest BCUT2D eigenvalue weighted by Gasteiger charge is -2.26. The molecular weight excluding hydrogens is 341 g/mol. The average molecular weight is 360 g/mol. The van der Waals surface area contributed by atoms with E-state index in [1.54, 1.807) is 23.1 Å². The lowest BCUT2D eigenvalue weighted by molar-refractivity contribution is -0.126. The van der Waals surface area contributed by atoms with E-state index in [9.17, 15) is 9.18 Å². The quantitative estimate of drug-likeness (QED) is 0.609. The Morgan fingerprint density at radius 1 is 1.28 bits per heavy atom. The Hall–Kier alpha value is -2.40. The first-order chi connectivity index (χ1) is 12.0. The van der Waals surface area contributed by atoms with Crippen LogP contribution in [-0.2, 0) is 4.79 Å². The maximum Gasteiger partial charge on any atom is 0.246 e. The molecule has 0 bridgehead atoms. The lowest BCUT2D eigenvalue weighted by Crippen LogP contribution is -2.34. The molecule has 0 saturated carbocycles. The van der Waals surface area contributed by atoms with Gasteiger partial charge in [0, 0.05) is 24.7 Å². The minimum absolute atomic E-state index is 0.0440. The van der Waals surface area contributed by atoms with Crippen LogP contribution in [0, 0.1) is 12.7 Å². The zero-order valence-electron chi connectivity index (χ0n) is 14.0. The van der Waals surface area contributed by atoms with E-state index in [1.807, 2.05) is 6.92 Å². The third kappa shape index (κ3) is 3.82. The van der Waals surface area contributed by atoms with E-state index in [2.05, 4.69) is 11.7 Å². The van der Waals surface area contributed by atoms with Gasteiger partial charge in [-0.05, 0) is 50.1 Å². The van der Waals surface area contributed by atoms with Crippen LogP contribution >= 0.6 is 11.6 Å². The SMILES string of the molecule is C=C1CCN(C(=O)/C=C/c2c(C)nn(-c3ccc(F)cc3)c2Cl)CC1. The van der Waals surface area contributed by atoms with Crippen molar-refractivity contribution in [3.8, 4) is 5.69 Å². The van der Waals surface area contributed by atoms with Crippen LogP contribution in [0.5, 0.6) is 0 Å². The number of hydrogen-bond donors (Lipinski definition) is 0. The van der Waals surface area contributed by atoms with Gasteiger partial charge in [-0.15, -0.1) is 0 Å². The molecule has 25 heavy (non-hydrogen) atoms. The summed E-state index contributed by atoms with van der Waals surface area (Å²) in [6.45, 7) is 7.17. The van der Waals surface area contributed by atoms with Crippen molar-refractivity contribution in [3.05, 3.63) is 64.7 Å². The van der Waals surface area contributed by atoms with Crippen molar-refractivity contribution in [1.82, 2.24) is 14.7 Å². The van der Waals surface area contributed by atoms with Gasteiger partial charge >= 0.3 is 0 Å². The molecule has 1 fully saturated rings. The number of halogens is 2. The number of likely N-dealkylation sites (tertiary alicyclic amines) is 1. The molecule has 1 aliphatic rings. The summed E-state index contributed by atoms with van der Waals surface area (Å²) >= 11 is 6.41. The molecule has 4 nitrogen and oxygen atoms in total. The Kier molecular flexibility index (Phi) is 5.04. The van der Waals surface area contributed by atoms with E-state index < -0.39 is 0 Å². The molecule has 1 aliphatic heterocycles. The van der Waals surface area contributed by atoms with Crippen molar-refractivity contribution in [2.24, 2.45) is 0 Å². The molecule has 0 spiro atoms. The summed E-state index contributed by atoms with van der Waals surface area (Å²) in [5, 5.41) is 4.77. The van der Waals surface area contributed by atoms with E-state index in [1.165, 1.54) is 28.5 Å². The molecule has 1 aromatic heterocycles. The molecule has 1 aromatic carbocycles. The molecule has 0 atom stereocenters. The highest BCUT2D eigenvalue weighted by atomic mass is 35.5. The van der Waals surface area contributed by atoms with Gasteiger partial charge in [0.25, 0.3) is 0 Å². The van der Waals surface area contributed by atoms with Gasteiger partial charge in [0.15, 0.2) is 0 Å². The van der Waals surface area contributed by atoms with Crippen LogP contribution in [0.15, 0.2) is 42.5 Å². The Balaban J connectivity index is 1.80. The van der Waals surface area contributed by atoms with Gasteiger partial charge in [0.05, 0.1) is 11.4 Å². The number of aryl methyl sites for hydroxylation is 1. The smallest absolute Gasteiger partial charge is 0.246 e. The standard InChI is InChI=1S/C19H19ClFN3O/c1-13-9-11-23(12-10-13)18(25)8-7-17-14(2)22-24(19(17)20)16-5-3-15(21)4-6-16/h3-8H,1,9-12H2,2H3/b8-7+. The normalized spacial score (nSPS) is 15.2. The Bertz CT molecular complexity index is 829. The van der Waals surface area contributed by atoms with Gasteiger partial charge < -0.3 is 4.90 Å². The van der Waals surface area contributed by atoms with Crippen molar-refractivity contribution in [1.29, 1.82) is 0 Å². The van der Waals surface area contributed by atoms with E-state index in [4.69, 9.17) is 11.6 Å². The van der Waals surface area contributed by atoms with Crippen LogP contribution in [0.1, 0.15) is 24.1 Å². The zero-order valence-corrected chi connectivity index (χ0v) is 14.8. The molecule has 130 valence electrons. The number of rotatable bonds is 3. The lowest BCUT2D eigenvalue weighted by atomic mass is 10.1. The predicted molar refractivity (Wildman–Crippen MR) is 97.3 cm³/mol. The Morgan fingerprint density at radius 3 is 2.56 bits per heavy atom. The van der Waals surface area contributed by atoms with Crippen molar-refractivity contribution in [2.45, 2.75) is 19.8 Å². The molecule has 0 N–H and O–H groups in total. The number of amides is 1. The van der Waals surface area contributed by atoms with E-state index in [-0.39, 0.29) is 11.7 Å². The van der Waals surface area contributed by atoms with Crippen LogP contribution in [-0.4, -0.2) is 33.7 Å². The third-order valence-corrected chi connectivity index (χ3v) is 4.66. The summed E-state index contributed by atoms with van der Waals surface area (Å²) in [6.07, 6.45) is 4.92. The number of benzene rings is 1. The van der Waals surface area contributed by atoms with Gasteiger partial charge in [0.2, 0.25) is 5.91 Å². The van der Waals surface area contributed by atoms with Crippen LogP contribution < -0.4 is 0 Å². The summed E-state index contributed by atoms with van der Waals surface area (Å²) in [4.78, 5) is 14.1. The molecular formula is C19H19ClFN3O. The highest BCUT2D eigenvalue weighted by molar-refractivity contribution is 6.31. The molecule has 2 aromatic rings. The number of aromatic nitrogens is 2. The average Bonchev–Trinajstić information content (AvgIpc) is 2.88. The first kappa shape index (κ1) is 17.4. The van der Waals surface area contributed by atoms with Gasteiger partial charge in [-0.25, -0.2) is 9.07 Å². The Labute approximate surface area is 151 Å². The Morgan fingerprint density at radius 2 is 1.92 bits per heavy atom. The van der Waals surface area contributed by atoms with Gasteiger partial charge in [-0.3, -0.25) is 4.79 Å². The molecule has 6 heteroatoms. The van der Waals surface area contributed by atoms with Crippen LogP contribution in [0.4, 0.5) is 4.39 Å². The van der Waals surface area contributed by atoms with Gasteiger partial charge in [-0.2, -0.15) is 5.10 Å². The predicted octanol–water partition coefficient (Wildman–Crippen LogP) is 4.17. The first-order valence-corrected chi connectivity index (χ1v) is 8.48. The van der Waals surface area contributed by atoms with Crippen LogP contribution in [0.3, 0.4) is 0 Å². The minimum atomic E-state index is -0.321. The maximum atomic E-state index is 13.1. The van der Waals surface area contributed by atoms with E-state index in [0.29, 0.717) is 35.2 Å².